The molecule has 0 radical (unpaired) electrons. The number of allylic oxidation sites excluding steroid dienone is 2. The molecule has 0 bridgehead atoms. The number of aromatic nitrogens is 4. The average molecular weight is 867 g/mol. The Hall–Kier alpha value is -5.91. The second-order valence-electron chi connectivity index (χ2n) is 14.4. The van der Waals surface area contributed by atoms with Crippen LogP contribution in [0.2, 0.25) is 10.0 Å². The third-order valence-corrected chi connectivity index (χ3v) is 10.6. The summed E-state index contributed by atoms with van der Waals surface area (Å²) in [5.41, 5.74) is 3.26. The minimum Gasteiger partial charge on any atom is -0.488 e. The lowest BCUT2D eigenvalue weighted by atomic mass is 9.84. The van der Waals surface area contributed by atoms with Gasteiger partial charge in [0.25, 0.3) is 0 Å². The summed E-state index contributed by atoms with van der Waals surface area (Å²) < 4.78 is 41.1. The van der Waals surface area contributed by atoms with Gasteiger partial charge in [-0.25, -0.2) is 9.48 Å². The van der Waals surface area contributed by atoms with Gasteiger partial charge in [-0.05, 0) is 73.0 Å². The molecule has 1 aliphatic carbocycles. The lowest BCUT2D eigenvalue weighted by molar-refractivity contribution is -0.270. The van der Waals surface area contributed by atoms with Crippen molar-refractivity contribution >= 4 is 64.1 Å². The highest BCUT2D eigenvalue weighted by Crippen LogP contribution is 2.43. The molecule has 2 aliphatic heterocycles. The molecule has 7 atom stereocenters. The van der Waals surface area contributed by atoms with Gasteiger partial charge in [0.2, 0.25) is 0 Å². The summed E-state index contributed by atoms with van der Waals surface area (Å²) in [5.74, 6) is -2.13. The number of nitrogens with zero attached hydrogens (tertiary/aromatic N) is 4. The summed E-state index contributed by atoms with van der Waals surface area (Å²) in [5, 5.41) is 10.5. The molecule has 1 N–H and O–H groups in total. The zero-order valence-electron chi connectivity index (χ0n) is 32.9. The highest BCUT2D eigenvalue weighted by atomic mass is 35.5. The number of aromatic amines is 1. The molecule has 316 valence electrons. The smallest absolute Gasteiger partial charge is 0.415 e. The van der Waals surface area contributed by atoms with Crippen LogP contribution in [0.5, 0.6) is 5.75 Å². The molecule has 60 heavy (non-hydrogen) atoms. The van der Waals surface area contributed by atoms with Crippen molar-refractivity contribution in [3.8, 4) is 5.75 Å². The van der Waals surface area contributed by atoms with Gasteiger partial charge in [-0.15, -0.1) is 5.10 Å². The number of carbonyl (C=O) groups excluding carboxylic acids is 5. The van der Waals surface area contributed by atoms with Crippen molar-refractivity contribution in [2.75, 3.05) is 13.2 Å². The summed E-state index contributed by atoms with van der Waals surface area (Å²) in [6, 6.07) is 11.9. The molecule has 5 unspecified atom stereocenters. The number of amides is 1. The van der Waals surface area contributed by atoms with Crippen molar-refractivity contribution in [1.29, 1.82) is 0 Å². The van der Waals surface area contributed by atoms with Gasteiger partial charge in [-0.1, -0.05) is 34.5 Å². The summed E-state index contributed by atoms with van der Waals surface area (Å²) in [6.45, 7) is 4.60. The molecule has 3 aliphatic rings. The van der Waals surface area contributed by atoms with Crippen molar-refractivity contribution in [1.82, 2.24) is 24.9 Å². The number of benzene rings is 2. The van der Waals surface area contributed by atoms with Gasteiger partial charge < -0.3 is 38.1 Å². The number of halogens is 2. The standard InChI is InChI=1S/C41H41Cl2N5O12/c1-21(49)54-20-34-37(56-22(2)50)38(57-23(3)51)39(58-24(4)52)40(60-34)48-18-28(45-46-48)19-55-29-10-5-25(6-11-29)36-35-31(32-17-27(43)9-14-33(32)44-35)15-16-47(36)41(53)59-30-12-7-26(42)8-13-30/h5,7-14,17-18,25,34,36-40,44H,6,15-16,19-20H2,1-4H3/t25?,34?,36-,37+,38?,39?,40?/m0/s1. The Kier molecular flexibility index (Phi) is 12.8. The molecule has 4 heterocycles. The predicted molar refractivity (Wildman–Crippen MR) is 211 cm³/mol. The van der Waals surface area contributed by atoms with Crippen LogP contribution in [0.3, 0.4) is 0 Å². The van der Waals surface area contributed by atoms with E-state index in [1.807, 2.05) is 36.4 Å². The molecular weight excluding hydrogens is 825 g/mol. The molecule has 1 amide bonds. The fourth-order valence-corrected chi connectivity index (χ4v) is 7.94. The zero-order valence-corrected chi connectivity index (χ0v) is 34.4. The number of rotatable bonds is 11. The highest BCUT2D eigenvalue weighted by molar-refractivity contribution is 6.31. The van der Waals surface area contributed by atoms with Crippen LogP contribution < -0.4 is 4.74 Å². The van der Waals surface area contributed by atoms with E-state index in [1.165, 1.54) is 17.8 Å². The van der Waals surface area contributed by atoms with Gasteiger partial charge in [-0.2, -0.15) is 0 Å². The highest BCUT2D eigenvalue weighted by Gasteiger charge is 2.53. The summed E-state index contributed by atoms with van der Waals surface area (Å²) in [7, 11) is 0. The number of H-pyrrole nitrogens is 1. The van der Waals surface area contributed by atoms with E-state index in [-0.39, 0.29) is 12.5 Å². The van der Waals surface area contributed by atoms with E-state index >= 15 is 0 Å². The van der Waals surface area contributed by atoms with E-state index in [4.69, 9.17) is 56.4 Å². The Bertz CT molecular complexity index is 2340. The zero-order chi connectivity index (χ0) is 42.7. The van der Waals surface area contributed by atoms with Crippen molar-refractivity contribution in [2.24, 2.45) is 5.92 Å². The molecule has 0 spiro atoms. The van der Waals surface area contributed by atoms with E-state index in [1.54, 1.807) is 29.2 Å². The first-order chi connectivity index (χ1) is 28.7. The monoisotopic (exact) mass is 865 g/mol. The fourth-order valence-electron chi connectivity index (χ4n) is 7.64. The molecule has 0 saturated carbocycles. The first kappa shape index (κ1) is 42.2. The molecule has 2 aromatic heterocycles. The maximum atomic E-state index is 13.8. The Morgan fingerprint density at radius 3 is 2.27 bits per heavy atom. The first-order valence-electron chi connectivity index (χ1n) is 19.0. The van der Waals surface area contributed by atoms with Crippen LogP contribution in [-0.2, 0) is 60.6 Å². The topological polar surface area (TPSA) is 200 Å². The molecule has 7 rings (SSSR count). The third kappa shape index (κ3) is 9.59. The summed E-state index contributed by atoms with van der Waals surface area (Å²) in [6.07, 6.45) is 1.36. The normalized spacial score (nSPS) is 23.5. The van der Waals surface area contributed by atoms with E-state index < -0.39 is 73.3 Å². The van der Waals surface area contributed by atoms with Crippen LogP contribution in [0.1, 0.15) is 63.3 Å². The Balaban J connectivity index is 1.08. The molecule has 19 heteroatoms. The van der Waals surface area contributed by atoms with E-state index in [0.29, 0.717) is 46.6 Å². The summed E-state index contributed by atoms with van der Waals surface area (Å²) in [4.78, 5) is 67.4. The van der Waals surface area contributed by atoms with Crippen LogP contribution in [0, 0.1) is 5.92 Å². The number of esters is 4. The molecular formula is C41H41Cl2N5O12. The van der Waals surface area contributed by atoms with Gasteiger partial charge in [0, 0.05) is 66.8 Å². The SMILES string of the molecule is CC(=O)OCC1OC(n2cc(COC3=CCC([C@H]4c5[nH]c6ccc(Cl)cc6c5CCN4C(=O)Oc4ccc(Cl)cc4)C=C3)nn2)C(OC(C)=O)C(OC(C)=O)[C@@H]1OC(C)=O. The number of fused-ring (bicyclic) bond motifs is 3. The average Bonchev–Trinajstić information content (AvgIpc) is 3.83. The fraction of sp³-hybridized carbons (Fsp3) is 0.390. The van der Waals surface area contributed by atoms with Gasteiger partial charge >= 0.3 is 30.0 Å². The molecule has 1 fully saturated rings. The Labute approximate surface area is 353 Å². The third-order valence-electron chi connectivity index (χ3n) is 10.1. The van der Waals surface area contributed by atoms with Crippen molar-refractivity contribution in [2.45, 2.75) is 83.8 Å². The van der Waals surface area contributed by atoms with Gasteiger partial charge in [-0.3, -0.25) is 24.1 Å². The predicted octanol–water partition coefficient (Wildman–Crippen LogP) is 6.10. The number of hydrogen-bond donors (Lipinski definition) is 1. The summed E-state index contributed by atoms with van der Waals surface area (Å²) >= 11 is 12.4. The van der Waals surface area contributed by atoms with Crippen molar-refractivity contribution in [3.05, 3.63) is 99.6 Å². The maximum absolute atomic E-state index is 13.8. The first-order valence-corrected chi connectivity index (χ1v) is 19.8. The van der Waals surface area contributed by atoms with E-state index in [2.05, 4.69) is 15.3 Å². The second-order valence-corrected chi connectivity index (χ2v) is 15.2. The van der Waals surface area contributed by atoms with Gasteiger partial charge in [0.15, 0.2) is 24.5 Å². The van der Waals surface area contributed by atoms with Crippen molar-refractivity contribution in [3.63, 3.8) is 0 Å². The quantitative estimate of drug-likeness (QED) is 0.134. The molecule has 4 aromatic rings. The lowest BCUT2D eigenvalue weighted by Gasteiger charge is -2.44. The van der Waals surface area contributed by atoms with Crippen LogP contribution in [0.15, 0.2) is 72.6 Å². The van der Waals surface area contributed by atoms with Crippen LogP contribution in [-0.4, -0.2) is 92.4 Å². The van der Waals surface area contributed by atoms with Gasteiger partial charge in [0.1, 0.15) is 36.5 Å². The van der Waals surface area contributed by atoms with E-state index in [0.717, 1.165) is 42.9 Å². The van der Waals surface area contributed by atoms with Crippen LogP contribution in [0.25, 0.3) is 10.9 Å². The van der Waals surface area contributed by atoms with Crippen LogP contribution in [0.4, 0.5) is 4.79 Å². The number of ether oxygens (including phenoxy) is 7. The maximum Gasteiger partial charge on any atom is 0.415 e. The lowest BCUT2D eigenvalue weighted by Crippen LogP contribution is -2.60. The molecule has 17 nitrogen and oxygen atoms in total. The Morgan fingerprint density at radius 1 is 0.883 bits per heavy atom. The Morgan fingerprint density at radius 2 is 1.58 bits per heavy atom. The minimum atomic E-state index is -1.37. The minimum absolute atomic E-state index is 0.0397. The largest absolute Gasteiger partial charge is 0.488 e. The molecule has 2 aromatic carbocycles. The van der Waals surface area contributed by atoms with Crippen molar-refractivity contribution < 1.29 is 57.1 Å². The number of hydrogen-bond acceptors (Lipinski definition) is 14. The van der Waals surface area contributed by atoms with Crippen LogP contribution >= 0.6 is 23.2 Å². The second kappa shape index (κ2) is 18.1. The van der Waals surface area contributed by atoms with E-state index in [9.17, 15) is 24.0 Å². The number of carbonyl (C=O) groups is 5. The van der Waals surface area contributed by atoms with Gasteiger partial charge in [0.05, 0.1) is 12.2 Å². The molecule has 1 saturated heterocycles. The number of nitrogens with one attached hydrogen (secondary N) is 1.